The number of nitrogens with one attached hydrogen (secondary N) is 1. The van der Waals surface area contributed by atoms with E-state index in [2.05, 4.69) is 26.1 Å². The molecule has 0 saturated carbocycles. The van der Waals surface area contributed by atoms with Crippen molar-refractivity contribution in [3.8, 4) is 0 Å². The third-order valence-corrected chi connectivity index (χ3v) is 3.71. The number of nitrogens with two attached hydrogens (primary N) is 1. The molecule has 0 aliphatic rings. The minimum Gasteiger partial charge on any atom is -0.374 e. The van der Waals surface area contributed by atoms with E-state index in [4.69, 9.17) is 10.5 Å². The van der Waals surface area contributed by atoms with Gasteiger partial charge in [0.1, 0.15) is 0 Å². The van der Waals surface area contributed by atoms with Gasteiger partial charge in [0, 0.05) is 19.6 Å². The van der Waals surface area contributed by atoms with E-state index < -0.39 is 0 Å². The summed E-state index contributed by atoms with van der Waals surface area (Å²) in [6.07, 6.45) is 2.42. The highest BCUT2D eigenvalue weighted by molar-refractivity contribution is 5.75. The fourth-order valence-electron chi connectivity index (χ4n) is 2.36. The van der Waals surface area contributed by atoms with E-state index >= 15 is 0 Å². The first-order valence-electron chi connectivity index (χ1n) is 7.73. The lowest BCUT2D eigenvalue weighted by Crippen LogP contribution is -2.40. The van der Waals surface area contributed by atoms with Crippen molar-refractivity contribution < 1.29 is 9.53 Å². The zero-order valence-electron chi connectivity index (χ0n) is 14.2. The van der Waals surface area contributed by atoms with Crippen LogP contribution in [0.15, 0.2) is 0 Å². The van der Waals surface area contributed by atoms with Gasteiger partial charge in [-0.15, -0.1) is 0 Å². The normalized spacial score (nSPS) is 14.2. The van der Waals surface area contributed by atoms with Gasteiger partial charge in [-0.25, -0.2) is 0 Å². The van der Waals surface area contributed by atoms with Crippen LogP contribution in [0.4, 0.5) is 0 Å². The van der Waals surface area contributed by atoms with Crippen molar-refractivity contribution in [3.05, 3.63) is 0 Å². The predicted octanol–water partition coefficient (Wildman–Crippen LogP) is 2.71. The molecule has 1 amide bonds. The van der Waals surface area contributed by atoms with Gasteiger partial charge in [-0.3, -0.25) is 4.79 Å². The van der Waals surface area contributed by atoms with Gasteiger partial charge in [0.25, 0.3) is 0 Å². The van der Waals surface area contributed by atoms with E-state index in [-0.39, 0.29) is 16.9 Å². The topological polar surface area (TPSA) is 64.3 Å². The quantitative estimate of drug-likeness (QED) is 0.685. The Balaban J connectivity index is 4.14. The molecule has 0 radical (unpaired) electrons. The maximum atomic E-state index is 11.9. The summed E-state index contributed by atoms with van der Waals surface area (Å²) < 4.78 is 5.57. The highest BCUT2D eigenvalue weighted by Gasteiger charge is 2.25. The minimum atomic E-state index is -0.300. The van der Waals surface area contributed by atoms with Gasteiger partial charge in [-0.2, -0.15) is 0 Å². The second-order valence-corrected chi connectivity index (χ2v) is 7.15. The van der Waals surface area contributed by atoms with Crippen LogP contribution in [0.2, 0.25) is 0 Å². The predicted molar refractivity (Wildman–Crippen MR) is 84.6 cm³/mol. The molecule has 0 heterocycles. The van der Waals surface area contributed by atoms with Gasteiger partial charge in [0.05, 0.1) is 5.60 Å². The molecular formula is C16H34N2O2. The van der Waals surface area contributed by atoms with Gasteiger partial charge in [-0.1, -0.05) is 20.8 Å². The monoisotopic (exact) mass is 286 g/mol. The molecule has 0 bridgehead atoms. The Morgan fingerprint density at radius 3 is 2.25 bits per heavy atom. The van der Waals surface area contributed by atoms with E-state index in [1.807, 2.05) is 20.8 Å². The van der Waals surface area contributed by atoms with E-state index in [9.17, 15) is 4.79 Å². The second-order valence-electron chi connectivity index (χ2n) is 7.15. The standard InChI is InChI=1S/C16H34N2O2/c1-7-20-16(5,6)12-18-14(19)9-8-13(10-11-17)15(2,3)4/h13H,7-12,17H2,1-6H3,(H,18,19). The zero-order chi connectivity index (χ0) is 15.8. The molecule has 1 atom stereocenters. The van der Waals surface area contributed by atoms with E-state index in [1.165, 1.54) is 0 Å². The van der Waals surface area contributed by atoms with Crippen molar-refractivity contribution in [2.75, 3.05) is 19.7 Å². The van der Waals surface area contributed by atoms with Crippen LogP contribution in [-0.2, 0) is 9.53 Å². The smallest absolute Gasteiger partial charge is 0.220 e. The lowest BCUT2D eigenvalue weighted by molar-refractivity contribution is -0.123. The Morgan fingerprint density at radius 2 is 1.80 bits per heavy atom. The molecule has 4 heteroatoms. The molecule has 3 N–H and O–H groups in total. The van der Waals surface area contributed by atoms with Gasteiger partial charge >= 0.3 is 0 Å². The summed E-state index contributed by atoms with van der Waals surface area (Å²) in [7, 11) is 0. The summed E-state index contributed by atoms with van der Waals surface area (Å²) in [6, 6.07) is 0. The van der Waals surface area contributed by atoms with E-state index in [0.29, 0.717) is 32.0 Å². The Kier molecular flexibility index (Phi) is 8.36. The van der Waals surface area contributed by atoms with Gasteiger partial charge in [0.2, 0.25) is 5.91 Å². The molecule has 0 aliphatic carbocycles. The summed E-state index contributed by atoms with van der Waals surface area (Å²) in [6.45, 7) is 14.5. The lowest BCUT2D eigenvalue weighted by Gasteiger charge is -2.30. The van der Waals surface area contributed by atoms with Crippen LogP contribution in [0.5, 0.6) is 0 Å². The number of rotatable bonds is 9. The molecule has 4 nitrogen and oxygen atoms in total. The van der Waals surface area contributed by atoms with E-state index in [0.717, 1.165) is 12.8 Å². The van der Waals surface area contributed by atoms with Crippen LogP contribution in [0, 0.1) is 11.3 Å². The molecule has 0 aromatic carbocycles. The number of carbonyl (C=O) groups excluding carboxylic acids is 1. The van der Waals surface area contributed by atoms with Crippen molar-refractivity contribution in [3.63, 3.8) is 0 Å². The fourth-order valence-corrected chi connectivity index (χ4v) is 2.36. The number of carbonyl (C=O) groups is 1. The maximum absolute atomic E-state index is 11.9. The summed E-state index contributed by atoms with van der Waals surface area (Å²) in [4.78, 5) is 11.9. The van der Waals surface area contributed by atoms with Crippen LogP contribution < -0.4 is 11.1 Å². The third-order valence-electron chi connectivity index (χ3n) is 3.71. The Labute approximate surface area is 124 Å². The summed E-state index contributed by atoms with van der Waals surface area (Å²) >= 11 is 0. The molecular weight excluding hydrogens is 252 g/mol. The molecule has 0 aliphatic heterocycles. The van der Waals surface area contributed by atoms with Crippen molar-refractivity contribution in [1.82, 2.24) is 5.32 Å². The molecule has 0 fully saturated rings. The Bertz CT molecular complexity index is 283. The molecule has 20 heavy (non-hydrogen) atoms. The van der Waals surface area contributed by atoms with Crippen LogP contribution in [0.1, 0.15) is 60.8 Å². The number of ether oxygens (including phenoxy) is 1. The zero-order valence-corrected chi connectivity index (χ0v) is 14.2. The van der Waals surface area contributed by atoms with Gasteiger partial charge in [-0.05, 0) is 51.5 Å². The third kappa shape index (κ3) is 8.54. The van der Waals surface area contributed by atoms with Gasteiger partial charge < -0.3 is 15.8 Å². The first-order valence-corrected chi connectivity index (χ1v) is 7.73. The molecule has 1 unspecified atom stereocenters. The first kappa shape index (κ1) is 19.4. The van der Waals surface area contributed by atoms with Gasteiger partial charge in [0.15, 0.2) is 0 Å². The van der Waals surface area contributed by atoms with Crippen LogP contribution >= 0.6 is 0 Å². The van der Waals surface area contributed by atoms with Crippen LogP contribution in [-0.4, -0.2) is 31.2 Å². The molecule has 0 aromatic rings. The minimum absolute atomic E-state index is 0.101. The van der Waals surface area contributed by atoms with E-state index in [1.54, 1.807) is 0 Å². The number of amides is 1. The molecule has 0 aromatic heterocycles. The fraction of sp³-hybridized carbons (Fsp3) is 0.938. The average Bonchev–Trinajstić information content (AvgIpc) is 2.30. The Morgan fingerprint density at radius 1 is 1.20 bits per heavy atom. The Hall–Kier alpha value is -0.610. The molecule has 0 rings (SSSR count). The summed E-state index contributed by atoms with van der Waals surface area (Å²) in [5.74, 6) is 0.585. The summed E-state index contributed by atoms with van der Waals surface area (Å²) in [5.41, 5.74) is 5.56. The summed E-state index contributed by atoms with van der Waals surface area (Å²) in [5, 5.41) is 2.96. The largest absolute Gasteiger partial charge is 0.374 e. The lowest BCUT2D eigenvalue weighted by atomic mass is 9.76. The number of hydrogen-bond donors (Lipinski definition) is 2. The molecule has 120 valence electrons. The van der Waals surface area contributed by atoms with Crippen molar-refractivity contribution in [1.29, 1.82) is 0 Å². The maximum Gasteiger partial charge on any atom is 0.220 e. The van der Waals surface area contributed by atoms with Crippen LogP contribution in [0.25, 0.3) is 0 Å². The van der Waals surface area contributed by atoms with Crippen LogP contribution in [0.3, 0.4) is 0 Å². The van der Waals surface area contributed by atoms with Crippen molar-refractivity contribution in [2.45, 2.75) is 66.4 Å². The highest BCUT2D eigenvalue weighted by Crippen LogP contribution is 2.31. The second kappa shape index (κ2) is 8.63. The first-order chi connectivity index (χ1) is 9.12. The molecule has 0 saturated heterocycles. The molecule has 0 spiro atoms. The SMILES string of the molecule is CCOC(C)(C)CNC(=O)CCC(CCN)C(C)(C)C. The average molecular weight is 286 g/mol. The highest BCUT2D eigenvalue weighted by atomic mass is 16.5. The number of hydrogen-bond acceptors (Lipinski definition) is 3. The van der Waals surface area contributed by atoms with Crippen molar-refractivity contribution in [2.24, 2.45) is 17.1 Å². The van der Waals surface area contributed by atoms with Crippen molar-refractivity contribution >= 4 is 5.91 Å².